The number of amides is 1. The number of ether oxygens (including phenoxy) is 3. The van der Waals surface area contributed by atoms with Crippen LogP contribution in [0.2, 0.25) is 0 Å². The van der Waals surface area contributed by atoms with Crippen molar-refractivity contribution in [2.75, 3.05) is 20.8 Å². The second kappa shape index (κ2) is 9.82. The van der Waals surface area contributed by atoms with Crippen LogP contribution in [0.5, 0.6) is 17.2 Å². The number of methoxy groups -OCH3 is 2. The number of carbonyl (C=O) groups is 1. The van der Waals surface area contributed by atoms with E-state index in [1.807, 2.05) is 67.6 Å². The van der Waals surface area contributed by atoms with Gasteiger partial charge in [0.15, 0.2) is 17.6 Å². The first-order chi connectivity index (χ1) is 14.2. The maximum atomic E-state index is 12.6. The monoisotopic (exact) mass is 393 g/mol. The van der Waals surface area contributed by atoms with Crippen molar-refractivity contribution < 1.29 is 19.0 Å². The maximum Gasteiger partial charge on any atom is 0.261 e. The van der Waals surface area contributed by atoms with Gasteiger partial charge in [0.2, 0.25) is 0 Å². The van der Waals surface area contributed by atoms with Gasteiger partial charge in [-0.05, 0) is 42.0 Å². The molecule has 0 spiro atoms. The zero-order valence-electron chi connectivity index (χ0n) is 17.1. The molecule has 0 aromatic heterocycles. The third kappa shape index (κ3) is 4.99. The summed E-state index contributed by atoms with van der Waals surface area (Å²) in [5.41, 5.74) is 1.06. The number of hydrogen-bond donors (Lipinski definition) is 1. The molecule has 0 radical (unpaired) electrons. The number of benzene rings is 3. The Morgan fingerprint density at radius 3 is 2.45 bits per heavy atom. The highest BCUT2D eigenvalue weighted by Crippen LogP contribution is 2.28. The van der Waals surface area contributed by atoms with Gasteiger partial charge >= 0.3 is 0 Å². The molecule has 0 heterocycles. The number of hydrogen-bond acceptors (Lipinski definition) is 4. The van der Waals surface area contributed by atoms with E-state index in [4.69, 9.17) is 14.2 Å². The fraction of sp³-hybridized carbons (Fsp3) is 0.292. The first-order valence-corrected chi connectivity index (χ1v) is 9.79. The maximum absolute atomic E-state index is 12.6. The molecule has 3 aromatic carbocycles. The Balaban J connectivity index is 1.60. The predicted molar refractivity (Wildman–Crippen MR) is 115 cm³/mol. The Morgan fingerprint density at radius 1 is 0.931 bits per heavy atom. The lowest BCUT2D eigenvalue weighted by atomic mass is 10.1. The van der Waals surface area contributed by atoms with Gasteiger partial charge in [-0.1, -0.05) is 49.4 Å². The second-order valence-electron chi connectivity index (χ2n) is 6.72. The highest BCUT2D eigenvalue weighted by Gasteiger charge is 2.19. The van der Waals surface area contributed by atoms with Crippen LogP contribution < -0.4 is 19.5 Å². The lowest BCUT2D eigenvalue weighted by molar-refractivity contribution is -0.128. The number of nitrogens with one attached hydrogen (secondary N) is 1. The van der Waals surface area contributed by atoms with E-state index in [0.29, 0.717) is 30.9 Å². The molecule has 29 heavy (non-hydrogen) atoms. The van der Waals surface area contributed by atoms with Crippen LogP contribution in [0.1, 0.15) is 18.9 Å². The molecule has 152 valence electrons. The van der Waals surface area contributed by atoms with Crippen LogP contribution in [0.3, 0.4) is 0 Å². The summed E-state index contributed by atoms with van der Waals surface area (Å²) in [6.45, 7) is 2.47. The zero-order valence-corrected chi connectivity index (χ0v) is 17.1. The number of rotatable bonds is 9. The Morgan fingerprint density at radius 2 is 1.69 bits per heavy atom. The van der Waals surface area contributed by atoms with Crippen molar-refractivity contribution in [2.24, 2.45) is 0 Å². The van der Waals surface area contributed by atoms with Crippen molar-refractivity contribution in [1.82, 2.24) is 5.32 Å². The predicted octanol–water partition coefficient (Wildman–Crippen LogP) is 4.37. The molecule has 5 nitrogen and oxygen atoms in total. The van der Waals surface area contributed by atoms with E-state index in [0.717, 1.165) is 22.1 Å². The standard InChI is InChI=1S/C24H27NO4/c1-4-20(29-21-11-7-9-18-8-5-6-10-19(18)21)24(26)25-15-14-17-12-13-22(27-2)23(16-17)28-3/h5-13,16,20H,4,14-15H2,1-3H3,(H,25,26)/t20-/m1/s1. The summed E-state index contributed by atoms with van der Waals surface area (Å²) in [6, 6.07) is 19.6. The second-order valence-corrected chi connectivity index (χ2v) is 6.72. The minimum Gasteiger partial charge on any atom is -0.493 e. The van der Waals surface area contributed by atoms with E-state index in [-0.39, 0.29) is 5.91 Å². The highest BCUT2D eigenvalue weighted by molar-refractivity contribution is 5.89. The fourth-order valence-corrected chi connectivity index (χ4v) is 3.25. The van der Waals surface area contributed by atoms with Crippen LogP contribution in [0.4, 0.5) is 0 Å². The number of carbonyl (C=O) groups excluding carboxylic acids is 1. The summed E-state index contributed by atoms with van der Waals surface area (Å²) in [5, 5.41) is 5.08. The quantitative estimate of drug-likeness (QED) is 0.586. The first kappa shape index (κ1) is 20.5. The van der Waals surface area contributed by atoms with Crippen LogP contribution in [0.25, 0.3) is 10.8 Å². The highest BCUT2D eigenvalue weighted by atomic mass is 16.5. The Kier molecular flexibility index (Phi) is 6.95. The molecule has 0 fully saturated rings. The smallest absolute Gasteiger partial charge is 0.261 e. The van der Waals surface area contributed by atoms with Gasteiger partial charge < -0.3 is 19.5 Å². The normalized spacial score (nSPS) is 11.7. The van der Waals surface area contributed by atoms with E-state index in [9.17, 15) is 4.79 Å². The Hall–Kier alpha value is -3.21. The van der Waals surface area contributed by atoms with Gasteiger partial charge in [-0.15, -0.1) is 0 Å². The van der Waals surface area contributed by atoms with E-state index in [2.05, 4.69) is 5.32 Å². The third-order valence-electron chi connectivity index (χ3n) is 4.84. The molecule has 1 amide bonds. The molecule has 3 aromatic rings. The summed E-state index contributed by atoms with van der Waals surface area (Å²) >= 11 is 0. The SMILES string of the molecule is CC[C@@H](Oc1cccc2ccccc12)C(=O)NCCc1ccc(OC)c(OC)c1. The van der Waals surface area contributed by atoms with Crippen LogP contribution in [-0.4, -0.2) is 32.8 Å². The Bertz CT molecular complexity index is 965. The molecule has 1 atom stereocenters. The molecule has 3 rings (SSSR count). The molecule has 0 saturated heterocycles. The lowest BCUT2D eigenvalue weighted by Crippen LogP contribution is -2.39. The fourth-order valence-electron chi connectivity index (χ4n) is 3.25. The van der Waals surface area contributed by atoms with Crippen molar-refractivity contribution in [3.63, 3.8) is 0 Å². The molecule has 5 heteroatoms. The van der Waals surface area contributed by atoms with Crippen molar-refractivity contribution in [2.45, 2.75) is 25.9 Å². The molecule has 0 aliphatic carbocycles. The van der Waals surface area contributed by atoms with Gasteiger partial charge in [0.1, 0.15) is 5.75 Å². The molecule has 0 bridgehead atoms. The van der Waals surface area contributed by atoms with Crippen LogP contribution >= 0.6 is 0 Å². The van der Waals surface area contributed by atoms with Crippen molar-refractivity contribution >= 4 is 16.7 Å². The average Bonchev–Trinajstić information content (AvgIpc) is 2.77. The molecule has 0 unspecified atom stereocenters. The minimum absolute atomic E-state index is 0.110. The summed E-state index contributed by atoms with van der Waals surface area (Å²) < 4.78 is 16.6. The molecule has 0 aliphatic heterocycles. The molecular formula is C24H27NO4. The van der Waals surface area contributed by atoms with E-state index >= 15 is 0 Å². The first-order valence-electron chi connectivity index (χ1n) is 9.79. The molecule has 0 saturated carbocycles. The van der Waals surface area contributed by atoms with Crippen molar-refractivity contribution in [3.05, 3.63) is 66.2 Å². The minimum atomic E-state index is -0.536. The Labute approximate surface area is 171 Å². The van der Waals surface area contributed by atoms with E-state index < -0.39 is 6.10 Å². The number of fused-ring (bicyclic) bond motifs is 1. The third-order valence-corrected chi connectivity index (χ3v) is 4.84. The largest absolute Gasteiger partial charge is 0.493 e. The van der Waals surface area contributed by atoms with Crippen molar-refractivity contribution in [3.8, 4) is 17.2 Å². The summed E-state index contributed by atoms with van der Waals surface area (Å²) in [5.74, 6) is 1.99. The summed E-state index contributed by atoms with van der Waals surface area (Å²) in [7, 11) is 3.22. The van der Waals surface area contributed by atoms with Crippen LogP contribution in [-0.2, 0) is 11.2 Å². The van der Waals surface area contributed by atoms with Crippen LogP contribution in [0.15, 0.2) is 60.7 Å². The van der Waals surface area contributed by atoms with Crippen LogP contribution in [0, 0.1) is 0 Å². The topological polar surface area (TPSA) is 56.8 Å². The van der Waals surface area contributed by atoms with Gasteiger partial charge in [-0.3, -0.25) is 4.79 Å². The van der Waals surface area contributed by atoms with E-state index in [1.165, 1.54) is 0 Å². The van der Waals surface area contributed by atoms with E-state index in [1.54, 1.807) is 14.2 Å². The molecule has 1 N–H and O–H groups in total. The average molecular weight is 393 g/mol. The van der Waals surface area contributed by atoms with Gasteiger partial charge in [-0.25, -0.2) is 0 Å². The van der Waals surface area contributed by atoms with Gasteiger partial charge in [0.25, 0.3) is 5.91 Å². The molecular weight excluding hydrogens is 366 g/mol. The summed E-state index contributed by atoms with van der Waals surface area (Å²) in [4.78, 5) is 12.6. The van der Waals surface area contributed by atoms with Gasteiger partial charge in [-0.2, -0.15) is 0 Å². The van der Waals surface area contributed by atoms with Gasteiger partial charge in [0.05, 0.1) is 14.2 Å². The summed E-state index contributed by atoms with van der Waals surface area (Å²) in [6.07, 6.45) is 0.744. The van der Waals surface area contributed by atoms with Gasteiger partial charge in [0, 0.05) is 11.9 Å². The molecule has 0 aliphatic rings. The van der Waals surface area contributed by atoms with Crippen molar-refractivity contribution in [1.29, 1.82) is 0 Å². The zero-order chi connectivity index (χ0) is 20.6. The lowest BCUT2D eigenvalue weighted by Gasteiger charge is -2.18.